The number of aliphatic hydroxyl groups is 2. The van der Waals surface area contributed by atoms with E-state index in [-0.39, 0.29) is 36.1 Å². The smallest absolute Gasteiger partial charge is 0.161 e. The number of methoxy groups -OCH3 is 2. The van der Waals surface area contributed by atoms with Crippen LogP contribution in [0.2, 0.25) is 0 Å². The summed E-state index contributed by atoms with van der Waals surface area (Å²) in [4.78, 5) is 4.44. The lowest BCUT2D eigenvalue weighted by atomic mass is 9.90. The molecule has 0 unspecified atom stereocenters. The molecule has 1 aliphatic rings. The summed E-state index contributed by atoms with van der Waals surface area (Å²) >= 11 is 0. The maximum Gasteiger partial charge on any atom is 0.161 e. The van der Waals surface area contributed by atoms with Gasteiger partial charge in [-0.25, -0.2) is 0 Å². The molecule has 0 saturated carbocycles. The van der Waals surface area contributed by atoms with Crippen molar-refractivity contribution in [2.24, 2.45) is 10.9 Å². The number of nitrogens with zero attached hydrogens (tertiary/aromatic N) is 1. The highest BCUT2D eigenvalue weighted by molar-refractivity contribution is 8.93. The summed E-state index contributed by atoms with van der Waals surface area (Å²) in [6.07, 6.45) is 0.822. The molecule has 0 aliphatic carbocycles. The number of hydrogen-bond acceptors (Lipinski definition) is 5. The van der Waals surface area contributed by atoms with Crippen LogP contribution in [0.4, 0.5) is 0 Å². The zero-order valence-corrected chi connectivity index (χ0v) is 13.3. The van der Waals surface area contributed by atoms with Crippen LogP contribution in [-0.4, -0.2) is 49.9 Å². The maximum absolute atomic E-state index is 9.33. The lowest BCUT2D eigenvalue weighted by Crippen LogP contribution is -2.27. The second kappa shape index (κ2) is 7.61. The van der Waals surface area contributed by atoms with Gasteiger partial charge in [0, 0.05) is 18.0 Å². The highest BCUT2D eigenvalue weighted by Crippen LogP contribution is 2.33. The van der Waals surface area contributed by atoms with Gasteiger partial charge in [0.05, 0.1) is 33.1 Å². The summed E-state index contributed by atoms with van der Waals surface area (Å²) in [7, 11) is 3.19. The van der Waals surface area contributed by atoms with Crippen molar-refractivity contribution in [3.05, 3.63) is 23.3 Å². The van der Waals surface area contributed by atoms with Crippen LogP contribution in [0.15, 0.2) is 17.1 Å². The van der Waals surface area contributed by atoms with Crippen molar-refractivity contribution < 1.29 is 19.7 Å². The predicted octanol–water partition coefficient (Wildman–Crippen LogP) is 1.23. The first-order valence-electron chi connectivity index (χ1n) is 6.26. The fourth-order valence-electron chi connectivity index (χ4n) is 2.33. The van der Waals surface area contributed by atoms with E-state index in [9.17, 15) is 10.2 Å². The Kier molecular flexibility index (Phi) is 6.45. The van der Waals surface area contributed by atoms with E-state index < -0.39 is 0 Å². The molecule has 0 bridgehead atoms. The molecule has 1 heterocycles. The number of rotatable bonds is 5. The van der Waals surface area contributed by atoms with Gasteiger partial charge in [-0.15, -0.1) is 17.0 Å². The number of aliphatic imine (C=N–C) groups is 1. The quantitative estimate of drug-likeness (QED) is 0.841. The number of ether oxygens (including phenoxy) is 2. The molecule has 0 saturated heterocycles. The summed E-state index contributed by atoms with van der Waals surface area (Å²) in [5.41, 5.74) is 2.78. The fourth-order valence-corrected chi connectivity index (χ4v) is 2.33. The first kappa shape index (κ1) is 16.9. The minimum atomic E-state index is -0.350. The van der Waals surface area contributed by atoms with Crippen LogP contribution in [0.25, 0.3) is 0 Å². The largest absolute Gasteiger partial charge is 0.493 e. The van der Waals surface area contributed by atoms with Crippen LogP contribution in [0.3, 0.4) is 0 Å². The van der Waals surface area contributed by atoms with E-state index in [1.807, 2.05) is 12.1 Å². The minimum Gasteiger partial charge on any atom is -0.493 e. The summed E-state index contributed by atoms with van der Waals surface area (Å²) in [5, 5.41) is 18.7. The van der Waals surface area contributed by atoms with Gasteiger partial charge in [-0.05, 0) is 24.1 Å². The van der Waals surface area contributed by atoms with Crippen LogP contribution in [0.1, 0.15) is 11.1 Å². The van der Waals surface area contributed by atoms with Gasteiger partial charge in [-0.3, -0.25) is 4.99 Å². The number of fused-ring (bicyclic) bond motifs is 1. The first-order valence-corrected chi connectivity index (χ1v) is 6.26. The Bertz CT molecular complexity index is 486. The van der Waals surface area contributed by atoms with Crippen LogP contribution in [0.5, 0.6) is 11.5 Å². The zero-order valence-electron chi connectivity index (χ0n) is 11.6. The van der Waals surface area contributed by atoms with E-state index in [0.717, 1.165) is 23.3 Å². The van der Waals surface area contributed by atoms with E-state index in [2.05, 4.69) is 4.99 Å². The maximum atomic E-state index is 9.33. The van der Waals surface area contributed by atoms with Crippen molar-refractivity contribution >= 4 is 22.7 Å². The molecule has 0 atom stereocenters. The molecule has 6 heteroatoms. The predicted molar refractivity (Wildman–Crippen MR) is 82.6 cm³/mol. The van der Waals surface area contributed by atoms with Crippen LogP contribution >= 0.6 is 17.0 Å². The van der Waals surface area contributed by atoms with Crippen molar-refractivity contribution in [2.75, 3.05) is 34.0 Å². The molecule has 0 aromatic heterocycles. The number of aliphatic hydroxyl groups excluding tert-OH is 2. The van der Waals surface area contributed by atoms with Crippen LogP contribution < -0.4 is 9.47 Å². The molecule has 0 amide bonds. The number of halogens is 1. The van der Waals surface area contributed by atoms with Gasteiger partial charge in [0.25, 0.3) is 0 Å². The highest BCUT2D eigenvalue weighted by atomic mass is 79.9. The Morgan fingerprint density at radius 3 is 2.30 bits per heavy atom. The average molecular weight is 346 g/mol. The monoisotopic (exact) mass is 345 g/mol. The third-order valence-corrected chi connectivity index (χ3v) is 3.38. The summed E-state index contributed by atoms with van der Waals surface area (Å²) in [6.45, 7) is 0.417. The van der Waals surface area contributed by atoms with E-state index >= 15 is 0 Å². The van der Waals surface area contributed by atoms with E-state index in [1.54, 1.807) is 14.2 Å². The Hall–Kier alpha value is -1.11. The molecule has 112 valence electrons. The second-order valence-electron chi connectivity index (χ2n) is 4.44. The average Bonchev–Trinajstić information content (AvgIpc) is 2.47. The summed E-state index contributed by atoms with van der Waals surface area (Å²) in [5.74, 6) is 0.967. The molecule has 5 nitrogen and oxygen atoms in total. The third-order valence-electron chi connectivity index (χ3n) is 3.38. The molecule has 0 spiro atoms. The van der Waals surface area contributed by atoms with E-state index in [0.29, 0.717) is 18.0 Å². The van der Waals surface area contributed by atoms with Crippen LogP contribution in [0, 0.1) is 5.92 Å². The van der Waals surface area contributed by atoms with Gasteiger partial charge in [0.15, 0.2) is 11.5 Å². The summed E-state index contributed by atoms with van der Waals surface area (Å²) < 4.78 is 10.6. The first-order chi connectivity index (χ1) is 9.24. The van der Waals surface area contributed by atoms with Gasteiger partial charge < -0.3 is 19.7 Å². The molecule has 0 radical (unpaired) electrons. The SMILES string of the molecule is Br.COc1cc2c(cc1OC)C(C(CO)CO)=NCC2. The van der Waals surface area contributed by atoms with Gasteiger partial charge in [-0.2, -0.15) is 0 Å². The zero-order chi connectivity index (χ0) is 13.8. The van der Waals surface area contributed by atoms with Crippen molar-refractivity contribution in [3.63, 3.8) is 0 Å². The Labute approximate surface area is 129 Å². The molecule has 2 N–H and O–H groups in total. The molecular weight excluding hydrogens is 326 g/mol. The van der Waals surface area contributed by atoms with Crippen LogP contribution in [-0.2, 0) is 6.42 Å². The topological polar surface area (TPSA) is 71.3 Å². The molecule has 1 aromatic carbocycles. The number of hydrogen-bond donors (Lipinski definition) is 2. The van der Waals surface area contributed by atoms with Gasteiger partial charge >= 0.3 is 0 Å². The van der Waals surface area contributed by atoms with Gasteiger partial charge in [0.2, 0.25) is 0 Å². The highest BCUT2D eigenvalue weighted by Gasteiger charge is 2.23. The molecule has 1 aliphatic heterocycles. The second-order valence-corrected chi connectivity index (χ2v) is 4.44. The Morgan fingerprint density at radius 1 is 1.15 bits per heavy atom. The standard InChI is InChI=1S/C14H19NO4.BrH/c1-18-12-5-9-3-4-15-14(10(7-16)8-17)11(9)6-13(12)19-2;/h5-6,10,16-17H,3-4,7-8H2,1-2H3;1H. The van der Waals surface area contributed by atoms with Crippen molar-refractivity contribution in [3.8, 4) is 11.5 Å². The molecule has 2 rings (SSSR count). The van der Waals surface area contributed by atoms with Crippen molar-refractivity contribution in [2.45, 2.75) is 6.42 Å². The Morgan fingerprint density at radius 2 is 1.75 bits per heavy atom. The lowest BCUT2D eigenvalue weighted by molar-refractivity contribution is 0.187. The molecule has 1 aromatic rings. The number of benzene rings is 1. The van der Waals surface area contributed by atoms with Gasteiger partial charge in [-0.1, -0.05) is 0 Å². The minimum absolute atomic E-state index is 0. The lowest BCUT2D eigenvalue weighted by Gasteiger charge is -2.23. The van der Waals surface area contributed by atoms with Crippen molar-refractivity contribution in [1.82, 2.24) is 0 Å². The normalized spacial score (nSPS) is 13.3. The van der Waals surface area contributed by atoms with Crippen molar-refractivity contribution in [1.29, 1.82) is 0 Å². The van der Waals surface area contributed by atoms with E-state index in [4.69, 9.17) is 9.47 Å². The molecule has 20 heavy (non-hydrogen) atoms. The van der Waals surface area contributed by atoms with E-state index in [1.165, 1.54) is 0 Å². The third kappa shape index (κ3) is 3.13. The molecule has 0 fully saturated rings. The van der Waals surface area contributed by atoms with Gasteiger partial charge in [0.1, 0.15) is 0 Å². The molecular formula is C14H20BrNO4. The Balaban J connectivity index is 0.00000200. The fraction of sp³-hybridized carbons (Fsp3) is 0.500. The summed E-state index contributed by atoms with van der Waals surface area (Å²) in [6, 6.07) is 3.80.